The van der Waals surface area contributed by atoms with Gasteiger partial charge in [0.1, 0.15) is 0 Å². The van der Waals surface area contributed by atoms with Gasteiger partial charge in [0.15, 0.2) is 0 Å². The van der Waals surface area contributed by atoms with E-state index in [0.29, 0.717) is 0 Å². The van der Waals surface area contributed by atoms with E-state index in [1.165, 1.54) is 0 Å². The zero-order valence-electron chi connectivity index (χ0n) is 7.72. The summed E-state index contributed by atoms with van der Waals surface area (Å²) in [5.41, 5.74) is 0.995. The van der Waals surface area contributed by atoms with Crippen LogP contribution < -0.4 is 4.90 Å². The molecule has 1 amide bonds. The van der Waals surface area contributed by atoms with E-state index in [9.17, 15) is 4.79 Å². The summed E-state index contributed by atoms with van der Waals surface area (Å²) in [5, 5.41) is 0. The number of anilines is 1. The zero-order valence-corrected chi connectivity index (χ0v) is 7.72. The molecule has 2 aliphatic rings. The Hall–Kier alpha value is -1.35. The van der Waals surface area contributed by atoms with Gasteiger partial charge in [0.25, 0.3) is 0 Å². The van der Waals surface area contributed by atoms with Gasteiger partial charge in [-0.3, -0.25) is 4.79 Å². The molecule has 2 heterocycles. The molecule has 1 aromatic carbocycles. The van der Waals surface area contributed by atoms with E-state index >= 15 is 0 Å². The van der Waals surface area contributed by atoms with Crippen molar-refractivity contribution in [2.75, 3.05) is 18.1 Å². The minimum absolute atomic E-state index is 0.121. The maximum Gasteiger partial charge on any atom is 0.234 e. The number of nitrogens with zero attached hydrogens (tertiary/aromatic N) is 1. The average molecular weight is 189 g/mol. The number of hydrogen-bond acceptors (Lipinski definition) is 2. The molecule has 2 saturated heterocycles. The third-order valence-corrected chi connectivity index (χ3v) is 2.84. The molecule has 2 fully saturated rings. The van der Waals surface area contributed by atoms with Gasteiger partial charge in [-0.25, -0.2) is 0 Å². The number of benzene rings is 1. The summed E-state index contributed by atoms with van der Waals surface area (Å²) in [6, 6.07) is 9.77. The van der Waals surface area contributed by atoms with Gasteiger partial charge in [0, 0.05) is 12.2 Å². The average Bonchev–Trinajstić information content (AvgIpc) is 3.02. The molecule has 3 rings (SSSR count). The Morgan fingerprint density at radius 2 is 2.00 bits per heavy atom. The Morgan fingerprint density at radius 1 is 1.29 bits per heavy atom. The summed E-state index contributed by atoms with van der Waals surface area (Å²) in [4.78, 5) is 13.5. The minimum atomic E-state index is 0.121. The molecule has 0 aliphatic carbocycles. The highest BCUT2D eigenvalue weighted by Gasteiger charge is 2.48. The van der Waals surface area contributed by atoms with Crippen molar-refractivity contribution in [1.29, 1.82) is 0 Å². The highest BCUT2D eigenvalue weighted by molar-refractivity contribution is 6.02. The van der Waals surface area contributed by atoms with Crippen LogP contribution in [-0.2, 0) is 9.53 Å². The van der Waals surface area contributed by atoms with Crippen molar-refractivity contribution in [3.05, 3.63) is 30.3 Å². The topological polar surface area (TPSA) is 32.8 Å². The number of rotatable bonds is 2. The summed E-state index contributed by atoms with van der Waals surface area (Å²) >= 11 is 0. The molecule has 72 valence electrons. The van der Waals surface area contributed by atoms with Gasteiger partial charge in [-0.1, -0.05) is 18.2 Å². The predicted molar refractivity (Wildman–Crippen MR) is 52.0 cm³/mol. The van der Waals surface area contributed by atoms with Crippen LogP contribution in [-0.4, -0.2) is 25.2 Å². The molecule has 2 unspecified atom stereocenters. The Morgan fingerprint density at radius 3 is 2.57 bits per heavy atom. The molecule has 14 heavy (non-hydrogen) atoms. The van der Waals surface area contributed by atoms with E-state index < -0.39 is 0 Å². The van der Waals surface area contributed by atoms with Crippen LogP contribution in [0, 0.1) is 5.92 Å². The van der Waals surface area contributed by atoms with Crippen molar-refractivity contribution >= 4 is 11.6 Å². The van der Waals surface area contributed by atoms with Crippen LogP contribution in [0.4, 0.5) is 5.69 Å². The summed E-state index contributed by atoms with van der Waals surface area (Å²) in [7, 11) is 0. The van der Waals surface area contributed by atoms with Crippen LogP contribution in [0.1, 0.15) is 0 Å². The quantitative estimate of drug-likeness (QED) is 0.514. The SMILES string of the molecule is O=C1C(C2CO2)CN1c1ccccc1. The smallest absolute Gasteiger partial charge is 0.234 e. The number of ether oxygens (including phenoxy) is 1. The number of epoxide rings is 1. The van der Waals surface area contributed by atoms with Crippen LogP contribution in [0.5, 0.6) is 0 Å². The first-order chi connectivity index (χ1) is 6.86. The van der Waals surface area contributed by atoms with Gasteiger partial charge in [-0.15, -0.1) is 0 Å². The molecule has 0 radical (unpaired) electrons. The highest BCUT2D eigenvalue weighted by atomic mass is 16.6. The van der Waals surface area contributed by atoms with Crippen molar-refractivity contribution in [3.63, 3.8) is 0 Å². The second kappa shape index (κ2) is 2.82. The summed E-state index contributed by atoms with van der Waals surface area (Å²) < 4.78 is 5.12. The van der Waals surface area contributed by atoms with Gasteiger partial charge in [0.2, 0.25) is 5.91 Å². The van der Waals surface area contributed by atoms with E-state index in [0.717, 1.165) is 18.8 Å². The molecule has 0 N–H and O–H groups in total. The van der Waals surface area contributed by atoms with Gasteiger partial charge >= 0.3 is 0 Å². The number of amides is 1. The van der Waals surface area contributed by atoms with E-state index in [-0.39, 0.29) is 17.9 Å². The highest BCUT2D eigenvalue weighted by Crippen LogP contribution is 2.33. The Kier molecular flexibility index (Phi) is 1.61. The number of β-lactam (4-membered cyclic amide) rings is 1. The second-order valence-electron chi connectivity index (χ2n) is 3.76. The van der Waals surface area contributed by atoms with Gasteiger partial charge in [0.05, 0.1) is 18.6 Å². The summed E-state index contributed by atoms with van der Waals surface area (Å²) in [6.07, 6.45) is 0.211. The van der Waals surface area contributed by atoms with Crippen molar-refractivity contribution in [1.82, 2.24) is 0 Å². The lowest BCUT2D eigenvalue weighted by Crippen LogP contribution is -2.55. The van der Waals surface area contributed by atoms with Gasteiger partial charge in [-0.05, 0) is 12.1 Å². The van der Waals surface area contributed by atoms with Crippen molar-refractivity contribution in [2.45, 2.75) is 6.10 Å². The Labute approximate surface area is 82.3 Å². The number of carbonyl (C=O) groups excluding carboxylic acids is 1. The van der Waals surface area contributed by atoms with E-state index in [4.69, 9.17) is 4.74 Å². The number of carbonyl (C=O) groups is 1. The normalized spacial score (nSPS) is 30.0. The Bertz CT molecular complexity index is 359. The molecule has 1 aromatic rings. The molecule has 2 atom stereocenters. The van der Waals surface area contributed by atoms with E-state index in [2.05, 4.69) is 0 Å². The van der Waals surface area contributed by atoms with Crippen molar-refractivity contribution in [2.24, 2.45) is 5.92 Å². The third-order valence-electron chi connectivity index (χ3n) is 2.84. The van der Waals surface area contributed by atoms with Crippen molar-refractivity contribution < 1.29 is 9.53 Å². The fourth-order valence-corrected chi connectivity index (χ4v) is 1.86. The lowest BCUT2D eigenvalue weighted by atomic mass is 9.94. The zero-order chi connectivity index (χ0) is 9.54. The van der Waals surface area contributed by atoms with Crippen LogP contribution in [0.3, 0.4) is 0 Å². The summed E-state index contributed by atoms with van der Waals surface area (Å²) in [5.74, 6) is 0.328. The number of para-hydroxylation sites is 1. The minimum Gasteiger partial charge on any atom is -0.372 e. The Balaban J connectivity index is 1.75. The number of hydrogen-bond donors (Lipinski definition) is 0. The molecular formula is C11H11NO2. The van der Waals surface area contributed by atoms with Crippen LogP contribution in [0.15, 0.2) is 30.3 Å². The monoisotopic (exact) mass is 189 g/mol. The second-order valence-corrected chi connectivity index (χ2v) is 3.76. The predicted octanol–water partition coefficient (Wildman–Crippen LogP) is 1.05. The standard InChI is InChI=1S/C11H11NO2/c13-11-9(10-7-14-10)6-12(11)8-4-2-1-3-5-8/h1-5,9-10H,6-7H2. The van der Waals surface area contributed by atoms with Crippen LogP contribution in [0.2, 0.25) is 0 Å². The lowest BCUT2D eigenvalue weighted by molar-refractivity contribution is -0.127. The maximum atomic E-state index is 11.7. The van der Waals surface area contributed by atoms with Crippen LogP contribution in [0.25, 0.3) is 0 Å². The first-order valence-electron chi connectivity index (χ1n) is 4.84. The fraction of sp³-hybridized carbons (Fsp3) is 0.364. The third kappa shape index (κ3) is 1.13. The largest absolute Gasteiger partial charge is 0.372 e. The maximum absolute atomic E-state index is 11.7. The molecular weight excluding hydrogens is 178 g/mol. The summed E-state index contributed by atoms with van der Waals surface area (Å²) in [6.45, 7) is 1.58. The van der Waals surface area contributed by atoms with Crippen molar-refractivity contribution in [3.8, 4) is 0 Å². The molecule has 0 saturated carbocycles. The lowest BCUT2D eigenvalue weighted by Gasteiger charge is -2.37. The van der Waals surface area contributed by atoms with Gasteiger partial charge < -0.3 is 9.64 Å². The van der Waals surface area contributed by atoms with E-state index in [1.807, 2.05) is 35.2 Å². The van der Waals surface area contributed by atoms with Gasteiger partial charge in [-0.2, -0.15) is 0 Å². The van der Waals surface area contributed by atoms with Crippen LogP contribution >= 0.6 is 0 Å². The molecule has 0 aromatic heterocycles. The first-order valence-corrected chi connectivity index (χ1v) is 4.84. The molecule has 2 aliphatic heterocycles. The fourth-order valence-electron chi connectivity index (χ4n) is 1.86. The first kappa shape index (κ1) is 8.00. The molecule has 3 nitrogen and oxygen atoms in total. The van der Waals surface area contributed by atoms with E-state index in [1.54, 1.807) is 0 Å². The molecule has 0 spiro atoms. The molecule has 3 heteroatoms. The molecule has 0 bridgehead atoms.